The third kappa shape index (κ3) is 5.15. The fraction of sp³-hybridized carbons (Fsp3) is 0.333. The molecule has 2 aromatic heterocycles. The number of benzene rings is 1. The highest BCUT2D eigenvalue weighted by Gasteiger charge is 2.30. The van der Waals surface area contributed by atoms with E-state index in [4.69, 9.17) is 5.26 Å². The molecule has 2 aliphatic heterocycles. The first-order valence-corrected chi connectivity index (χ1v) is 12.1. The van der Waals surface area contributed by atoms with Crippen molar-refractivity contribution in [1.82, 2.24) is 24.3 Å². The summed E-state index contributed by atoms with van der Waals surface area (Å²) in [6.07, 6.45) is 3.50. The third-order valence-corrected chi connectivity index (χ3v) is 6.78. The van der Waals surface area contributed by atoms with Crippen LogP contribution < -0.4 is 5.56 Å². The Labute approximate surface area is 209 Å². The lowest BCUT2D eigenvalue weighted by atomic mass is 10.00. The van der Waals surface area contributed by atoms with Crippen LogP contribution in [0.25, 0.3) is 5.69 Å². The molecule has 1 atom stereocenters. The number of hydrogen-bond donors (Lipinski definition) is 1. The molecule has 4 heterocycles. The number of aliphatic hydroxyl groups excluding tert-OH is 1. The lowest BCUT2D eigenvalue weighted by molar-refractivity contribution is 0.0812. The molecule has 3 aromatic rings. The molecule has 1 fully saturated rings. The molecule has 0 bridgehead atoms. The smallest absolute Gasteiger partial charge is 0.320 e. The first-order valence-electron chi connectivity index (χ1n) is 12.1. The molecule has 0 radical (unpaired) electrons. The van der Waals surface area contributed by atoms with Crippen molar-refractivity contribution in [2.75, 3.05) is 32.7 Å². The summed E-state index contributed by atoms with van der Waals surface area (Å²) >= 11 is 0. The first kappa shape index (κ1) is 23.7. The summed E-state index contributed by atoms with van der Waals surface area (Å²) in [5.41, 5.74) is 3.99. The zero-order chi connectivity index (χ0) is 25.1. The van der Waals surface area contributed by atoms with Gasteiger partial charge in [-0.05, 0) is 35.7 Å². The number of β-amino-alcohol motifs (C(OH)–C–C–N with tert-alkyl or cyclic N) is 1. The van der Waals surface area contributed by atoms with E-state index < -0.39 is 6.10 Å². The zero-order valence-corrected chi connectivity index (χ0v) is 20.0. The maximum atomic E-state index is 12.9. The highest BCUT2D eigenvalue weighted by molar-refractivity contribution is 5.76. The van der Waals surface area contributed by atoms with Crippen LogP contribution in [0.3, 0.4) is 0 Å². The Morgan fingerprint density at radius 1 is 1.00 bits per heavy atom. The number of nitrogens with zero attached hydrogens (tertiary/aromatic N) is 6. The summed E-state index contributed by atoms with van der Waals surface area (Å²) in [7, 11) is 0. The molecule has 0 spiro atoms. The van der Waals surface area contributed by atoms with Gasteiger partial charge < -0.3 is 14.9 Å². The summed E-state index contributed by atoms with van der Waals surface area (Å²) in [6.45, 7) is 4.07. The summed E-state index contributed by atoms with van der Waals surface area (Å²) in [5.74, 6) is 0. The Bertz CT molecular complexity index is 1350. The summed E-state index contributed by atoms with van der Waals surface area (Å²) in [6, 6.07) is 16.7. The highest BCUT2D eigenvalue weighted by Crippen LogP contribution is 2.19. The van der Waals surface area contributed by atoms with Gasteiger partial charge in [0.25, 0.3) is 5.56 Å². The van der Waals surface area contributed by atoms with E-state index in [0.717, 1.165) is 19.5 Å². The number of aliphatic hydroxyl groups is 1. The molecular weight excluding hydrogens is 456 g/mol. The predicted molar refractivity (Wildman–Crippen MR) is 133 cm³/mol. The molecule has 1 N–H and O–H groups in total. The highest BCUT2D eigenvalue weighted by atomic mass is 16.3. The van der Waals surface area contributed by atoms with Gasteiger partial charge in [-0.1, -0.05) is 24.3 Å². The fourth-order valence-corrected chi connectivity index (χ4v) is 4.88. The summed E-state index contributed by atoms with van der Waals surface area (Å²) in [5, 5.41) is 19.6. The van der Waals surface area contributed by atoms with Crippen molar-refractivity contribution >= 4 is 6.03 Å². The molecule has 36 heavy (non-hydrogen) atoms. The maximum Gasteiger partial charge on any atom is 0.320 e. The number of urea groups is 1. The normalized spacial score (nSPS) is 16.6. The van der Waals surface area contributed by atoms with Crippen molar-refractivity contribution in [3.8, 4) is 11.8 Å². The van der Waals surface area contributed by atoms with Gasteiger partial charge >= 0.3 is 6.03 Å². The lowest BCUT2D eigenvalue weighted by Gasteiger charge is -2.31. The van der Waals surface area contributed by atoms with Crippen LogP contribution in [-0.4, -0.2) is 74.2 Å². The largest absolute Gasteiger partial charge is 0.390 e. The van der Waals surface area contributed by atoms with E-state index in [1.165, 1.54) is 21.8 Å². The Hall–Kier alpha value is -4.00. The molecule has 5 rings (SSSR count). The van der Waals surface area contributed by atoms with E-state index in [1.54, 1.807) is 40.4 Å². The Kier molecular flexibility index (Phi) is 6.80. The molecule has 0 saturated carbocycles. The summed E-state index contributed by atoms with van der Waals surface area (Å²) < 4.78 is 1.42. The van der Waals surface area contributed by atoms with Gasteiger partial charge in [0.1, 0.15) is 0 Å². The molecular formula is C27H28N6O3. The van der Waals surface area contributed by atoms with Crippen LogP contribution >= 0.6 is 0 Å². The second-order valence-electron chi connectivity index (χ2n) is 9.30. The third-order valence-electron chi connectivity index (χ3n) is 6.78. The second kappa shape index (κ2) is 10.3. The van der Waals surface area contributed by atoms with Crippen LogP contribution in [0.1, 0.15) is 22.4 Å². The average Bonchev–Trinajstić information content (AvgIpc) is 3.22. The minimum absolute atomic E-state index is 0.104. The number of pyridine rings is 2. The number of carbonyl (C=O) groups is 1. The monoisotopic (exact) mass is 484 g/mol. The number of rotatable bonds is 7. The van der Waals surface area contributed by atoms with Crippen LogP contribution in [0.5, 0.6) is 0 Å². The minimum Gasteiger partial charge on any atom is -0.390 e. The van der Waals surface area contributed by atoms with Gasteiger partial charge in [0.05, 0.1) is 41.9 Å². The molecule has 9 nitrogen and oxygen atoms in total. The maximum absolute atomic E-state index is 12.9. The molecule has 184 valence electrons. The van der Waals surface area contributed by atoms with Gasteiger partial charge in [-0.3, -0.25) is 19.2 Å². The van der Waals surface area contributed by atoms with Crippen LogP contribution in [0, 0.1) is 11.3 Å². The van der Waals surface area contributed by atoms with E-state index in [9.17, 15) is 14.7 Å². The first-order chi connectivity index (χ1) is 17.5. The van der Waals surface area contributed by atoms with Crippen LogP contribution in [0.4, 0.5) is 4.79 Å². The Morgan fingerprint density at radius 3 is 2.56 bits per heavy atom. The molecule has 2 amide bonds. The molecule has 2 aliphatic rings. The van der Waals surface area contributed by atoms with Gasteiger partial charge in [0, 0.05) is 51.5 Å². The molecule has 0 aliphatic carbocycles. The lowest BCUT2D eigenvalue weighted by Crippen LogP contribution is -2.43. The number of aromatic nitrogens is 2. The average molecular weight is 485 g/mol. The van der Waals surface area contributed by atoms with Crippen LogP contribution in [0.15, 0.2) is 65.7 Å². The van der Waals surface area contributed by atoms with Crippen molar-refractivity contribution in [2.24, 2.45) is 0 Å². The number of amides is 2. The standard InChI is InChI=1S/C27H28N6O3/c28-14-20-7-10-33(26(35)13-20)24-6-5-23(29-15-24)17-31-11-12-32(27(31)36)19-25(34)18-30-9-8-21-3-1-2-4-22(21)16-30/h1-7,10,13,15,25,34H,8-9,11-12,16-19H2. The minimum atomic E-state index is -0.609. The number of fused-ring (bicyclic) bond motifs is 1. The van der Waals surface area contributed by atoms with Crippen LogP contribution in [0.2, 0.25) is 0 Å². The van der Waals surface area contributed by atoms with Crippen LogP contribution in [-0.2, 0) is 19.5 Å². The van der Waals surface area contributed by atoms with Gasteiger partial charge in [0.15, 0.2) is 0 Å². The van der Waals surface area contributed by atoms with E-state index in [2.05, 4.69) is 28.1 Å². The molecule has 1 unspecified atom stereocenters. The van der Waals surface area contributed by atoms with Crippen molar-refractivity contribution in [3.63, 3.8) is 0 Å². The molecule has 1 saturated heterocycles. The van der Waals surface area contributed by atoms with Crippen molar-refractivity contribution < 1.29 is 9.90 Å². The number of carbonyl (C=O) groups excluding carboxylic acids is 1. The van der Waals surface area contributed by atoms with Crippen molar-refractivity contribution in [3.05, 3.63) is 93.7 Å². The second-order valence-corrected chi connectivity index (χ2v) is 9.30. The topological polar surface area (TPSA) is 106 Å². The summed E-state index contributed by atoms with van der Waals surface area (Å²) in [4.78, 5) is 35.2. The molecule has 1 aromatic carbocycles. The zero-order valence-electron chi connectivity index (χ0n) is 20.0. The number of nitriles is 1. The SMILES string of the molecule is N#Cc1ccn(-c2ccc(CN3CCN(CC(O)CN4CCc5ccccc5C4)C3=O)nc2)c(=O)c1. The predicted octanol–water partition coefficient (Wildman–Crippen LogP) is 1.76. The van der Waals surface area contributed by atoms with Gasteiger partial charge in [-0.25, -0.2) is 4.79 Å². The molecule has 9 heteroatoms. The fourth-order valence-electron chi connectivity index (χ4n) is 4.88. The van der Waals surface area contributed by atoms with E-state index in [-0.39, 0.29) is 11.6 Å². The van der Waals surface area contributed by atoms with E-state index in [1.807, 2.05) is 12.1 Å². The Morgan fingerprint density at radius 2 is 1.81 bits per heavy atom. The quantitative estimate of drug-likeness (QED) is 0.548. The number of hydrogen-bond acceptors (Lipinski definition) is 6. The van der Waals surface area contributed by atoms with E-state index >= 15 is 0 Å². The van der Waals surface area contributed by atoms with Gasteiger partial charge in [-0.15, -0.1) is 0 Å². The Balaban J connectivity index is 1.14. The van der Waals surface area contributed by atoms with Crippen molar-refractivity contribution in [1.29, 1.82) is 5.26 Å². The van der Waals surface area contributed by atoms with Crippen molar-refractivity contribution in [2.45, 2.75) is 25.6 Å². The van der Waals surface area contributed by atoms with Gasteiger partial charge in [0.2, 0.25) is 0 Å². The van der Waals surface area contributed by atoms with Gasteiger partial charge in [-0.2, -0.15) is 5.26 Å². The van der Waals surface area contributed by atoms with E-state index in [0.29, 0.717) is 49.7 Å².